The van der Waals surface area contributed by atoms with E-state index in [1.54, 1.807) is 18.2 Å². The molecule has 1 heterocycles. The van der Waals surface area contributed by atoms with E-state index in [9.17, 15) is 13.6 Å². The quantitative estimate of drug-likeness (QED) is 0.435. The molecule has 0 saturated carbocycles. The lowest BCUT2D eigenvalue weighted by Crippen LogP contribution is -2.40. The number of para-hydroxylation sites is 1. The van der Waals surface area contributed by atoms with E-state index in [4.69, 9.17) is 0 Å². The van der Waals surface area contributed by atoms with Crippen molar-refractivity contribution in [2.45, 2.75) is 32.9 Å². The lowest BCUT2D eigenvalue weighted by atomic mass is 10.1. The van der Waals surface area contributed by atoms with Crippen molar-refractivity contribution in [2.24, 2.45) is 10.9 Å². The highest BCUT2D eigenvalue weighted by atomic mass is 19.3. The first kappa shape index (κ1) is 23.5. The molecule has 172 valence electrons. The van der Waals surface area contributed by atoms with Gasteiger partial charge in [-0.25, -0.2) is 4.99 Å². The zero-order chi connectivity index (χ0) is 22.8. The second kappa shape index (κ2) is 12.0. The fourth-order valence-corrected chi connectivity index (χ4v) is 3.71. The highest BCUT2D eigenvalue weighted by Crippen LogP contribution is 2.21. The standard InChI is InChI=1S/C24H30F2N4O2/c1-2-27-24(29-16-20-10-6-7-11-21(20)32-23(25)26)28-15-19-14-22(31)30(17-19)13-12-18-8-4-3-5-9-18/h3-11,19,23H,2,12-17H2,1H3,(H2,27,28,29). The van der Waals surface area contributed by atoms with Gasteiger partial charge in [0.1, 0.15) is 5.75 Å². The van der Waals surface area contributed by atoms with Crippen LogP contribution >= 0.6 is 0 Å². The average Bonchev–Trinajstić information content (AvgIpc) is 3.15. The molecule has 6 nitrogen and oxygen atoms in total. The zero-order valence-electron chi connectivity index (χ0n) is 18.3. The molecule has 32 heavy (non-hydrogen) atoms. The van der Waals surface area contributed by atoms with Gasteiger partial charge in [0.15, 0.2) is 5.96 Å². The molecule has 3 rings (SSSR count). The van der Waals surface area contributed by atoms with E-state index in [1.807, 2.05) is 30.0 Å². The lowest BCUT2D eigenvalue weighted by molar-refractivity contribution is -0.127. The molecule has 1 amide bonds. The number of carbonyl (C=O) groups is 1. The Morgan fingerprint density at radius 2 is 1.91 bits per heavy atom. The summed E-state index contributed by atoms with van der Waals surface area (Å²) < 4.78 is 29.8. The first-order valence-electron chi connectivity index (χ1n) is 10.9. The van der Waals surface area contributed by atoms with E-state index >= 15 is 0 Å². The van der Waals surface area contributed by atoms with Crippen LogP contribution in [0.5, 0.6) is 5.75 Å². The van der Waals surface area contributed by atoms with E-state index in [0.29, 0.717) is 44.1 Å². The number of halogens is 2. The Morgan fingerprint density at radius 1 is 1.16 bits per heavy atom. The number of hydrogen-bond donors (Lipinski definition) is 2. The molecule has 8 heteroatoms. The lowest BCUT2D eigenvalue weighted by Gasteiger charge is -2.18. The SMILES string of the molecule is CCNC(=NCc1ccccc1OC(F)F)NCC1CC(=O)N(CCc2ccccc2)C1. The average molecular weight is 445 g/mol. The van der Waals surface area contributed by atoms with Crippen LogP contribution < -0.4 is 15.4 Å². The van der Waals surface area contributed by atoms with Gasteiger partial charge < -0.3 is 20.3 Å². The van der Waals surface area contributed by atoms with Crippen LogP contribution in [0.25, 0.3) is 0 Å². The molecule has 1 saturated heterocycles. The minimum Gasteiger partial charge on any atom is -0.434 e. The minimum absolute atomic E-state index is 0.123. The monoisotopic (exact) mass is 444 g/mol. The van der Waals surface area contributed by atoms with Gasteiger partial charge in [0, 0.05) is 44.1 Å². The first-order valence-corrected chi connectivity index (χ1v) is 10.9. The number of carbonyl (C=O) groups excluding carboxylic acids is 1. The van der Waals surface area contributed by atoms with Crippen molar-refractivity contribution in [1.82, 2.24) is 15.5 Å². The highest BCUT2D eigenvalue weighted by Gasteiger charge is 2.29. The van der Waals surface area contributed by atoms with Crippen LogP contribution in [0.3, 0.4) is 0 Å². The van der Waals surface area contributed by atoms with E-state index in [2.05, 4.69) is 32.5 Å². The van der Waals surface area contributed by atoms with E-state index in [-0.39, 0.29) is 24.1 Å². The van der Waals surface area contributed by atoms with Crippen LogP contribution in [0.2, 0.25) is 0 Å². The molecule has 1 aliphatic rings. The summed E-state index contributed by atoms with van der Waals surface area (Å²) in [5, 5.41) is 6.44. The van der Waals surface area contributed by atoms with Crippen LogP contribution in [0, 0.1) is 5.92 Å². The normalized spacial score (nSPS) is 16.5. The van der Waals surface area contributed by atoms with Gasteiger partial charge in [0.2, 0.25) is 5.91 Å². The molecule has 0 radical (unpaired) electrons. The molecule has 2 aromatic rings. The smallest absolute Gasteiger partial charge is 0.387 e. The fraction of sp³-hybridized carbons (Fsp3) is 0.417. The molecule has 0 aliphatic carbocycles. The second-order valence-corrected chi connectivity index (χ2v) is 7.71. The van der Waals surface area contributed by atoms with Gasteiger partial charge >= 0.3 is 6.61 Å². The van der Waals surface area contributed by atoms with Crippen molar-refractivity contribution in [3.63, 3.8) is 0 Å². The predicted octanol–water partition coefficient (Wildman–Crippen LogP) is 3.43. The van der Waals surface area contributed by atoms with Crippen molar-refractivity contribution in [2.75, 3.05) is 26.2 Å². The summed E-state index contributed by atoms with van der Waals surface area (Å²) >= 11 is 0. The number of aliphatic imine (C=N–C) groups is 1. The fourth-order valence-electron chi connectivity index (χ4n) is 3.71. The Labute approximate surface area is 187 Å². The van der Waals surface area contributed by atoms with Crippen molar-refractivity contribution in [3.8, 4) is 5.75 Å². The number of guanidine groups is 1. The molecule has 1 fully saturated rings. The molecule has 1 aliphatic heterocycles. The first-order chi connectivity index (χ1) is 15.5. The van der Waals surface area contributed by atoms with Gasteiger partial charge in [-0.05, 0) is 25.0 Å². The van der Waals surface area contributed by atoms with Gasteiger partial charge in [-0.3, -0.25) is 4.79 Å². The third kappa shape index (κ3) is 7.21. The largest absolute Gasteiger partial charge is 0.434 e. The number of hydrogen-bond acceptors (Lipinski definition) is 3. The maximum Gasteiger partial charge on any atom is 0.387 e. The number of nitrogens with zero attached hydrogens (tertiary/aromatic N) is 2. The Bertz CT molecular complexity index is 893. The Kier molecular flexibility index (Phi) is 8.83. The summed E-state index contributed by atoms with van der Waals surface area (Å²) in [5.41, 5.74) is 1.80. The topological polar surface area (TPSA) is 66.0 Å². The van der Waals surface area contributed by atoms with Gasteiger partial charge in [-0.15, -0.1) is 0 Å². The van der Waals surface area contributed by atoms with Crippen LogP contribution in [0.4, 0.5) is 8.78 Å². The molecule has 0 bridgehead atoms. The Hall–Kier alpha value is -3.16. The second-order valence-electron chi connectivity index (χ2n) is 7.71. The predicted molar refractivity (Wildman–Crippen MR) is 121 cm³/mol. The number of benzene rings is 2. The summed E-state index contributed by atoms with van der Waals surface area (Å²) in [6.45, 7) is 1.97. The summed E-state index contributed by atoms with van der Waals surface area (Å²) in [6, 6.07) is 16.8. The highest BCUT2D eigenvalue weighted by molar-refractivity contribution is 5.81. The molecule has 1 atom stereocenters. The third-order valence-corrected chi connectivity index (χ3v) is 5.31. The molecular weight excluding hydrogens is 414 g/mol. The summed E-state index contributed by atoms with van der Waals surface area (Å²) in [7, 11) is 0. The summed E-state index contributed by atoms with van der Waals surface area (Å²) in [4.78, 5) is 18.8. The van der Waals surface area contributed by atoms with E-state index in [1.165, 1.54) is 11.6 Å². The molecule has 0 spiro atoms. The van der Waals surface area contributed by atoms with Crippen LogP contribution in [0.15, 0.2) is 59.6 Å². The number of amides is 1. The van der Waals surface area contributed by atoms with Crippen molar-refractivity contribution in [1.29, 1.82) is 0 Å². The Balaban J connectivity index is 1.51. The van der Waals surface area contributed by atoms with Gasteiger partial charge in [0.05, 0.1) is 6.54 Å². The van der Waals surface area contributed by atoms with E-state index in [0.717, 1.165) is 6.42 Å². The maximum absolute atomic E-state index is 12.6. The maximum atomic E-state index is 12.6. The summed E-state index contributed by atoms with van der Waals surface area (Å²) in [6.07, 6.45) is 1.35. The van der Waals surface area contributed by atoms with Crippen molar-refractivity contribution < 1.29 is 18.3 Å². The molecule has 2 aromatic carbocycles. The van der Waals surface area contributed by atoms with Crippen molar-refractivity contribution in [3.05, 3.63) is 65.7 Å². The number of ether oxygens (including phenoxy) is 1. The van der Waals surface area contributed by atoms with Crippen molar-refractivity contribution >= 4 is 11.9 Å². The number of nitrogens with one attached hydrogen (secondary N) is 2. The molecule has 1 unspecified atom stereocenters. The van der Waals surface area contributed by atoms with Gasteiger partial charge in [-0.1, -0.05) is 48.5 Å². The minimum atomic E-state index is -2.88. The zero-order valence-corrected chi connectivity index (χ0v) is 18.3. The number of alkyl halides is 2. The van der Waals surface area contributed by atoms with Crippen LogP contribution in [-0.4, -0.2) is 49.6 Å². The third-order valence-electron chi connectivity index (χ3n) is 5.31. The number of rotatable bonds is 10. The molecule has 2 N–H and O–H groups in total. The summed E-state index contributed by atoms with van der Waals surface area (Å²) in [5.74, 6) is 1.07. The van der Waals surface area contributed by atoms with Gasteiger partial charge in [-0.2, -0.15) is 8.78 Å². The molecular formula is C24H30F2N4O2. The number of likely N-dealkylation sites (tertiary alicyclic amines) is 1. The Morgan fingerprint density at radius 3 is 2.66 bits per heavy atom. The molecule has 0 aromatic heterocycles. The van der Waals surface area contributed by atoms with E-state index < -0.39 is 6.61 Å². The van der Waals surface area contributed by atoms with Gasteiger partial charge in [0.25, 0.3) is 0 Å². The van der Waals surface area contributed by atoms with Crippen LogP contribution in [0.1, 0.15) is 24.5 Å². The van der Waals surface area contributed by atoms with Crippen LogP contribution in [-0.2, 0) is 17.8 Å².